The molecule has 0 aromatic heterocycles. The van der Waals surface area contributed by atoms with E-state index in [2.05, 4.69) is 11.8 Å². The number of hydrogen-bond acceptors (Lipinski definition) is 2. The highest BCUT2D eigenvalue weighted by molar-refractivity contribution is 6.31. The molecule has 1 aromatic rings. The lowest BCUT2D eigenvalue weighted by Gasteiger charge is -2.18. The second kappa shape index (κ2) is 6.46. The van der Waals surface area contributed by atoms with E-state index in [0.717, 1.165) is 21.8 Å². The van der Waals surface area contributed by atoms with E-state index in [1.807, 2.05) is 46.9 Å². The van der Waals surface area contributed by atoms with Crippen LogP contribution >= 0.6 is 11.6 Å². The highest BCUT2D eigenvalue weighted by atomic mass is 35.5. The summed E-state index contributed by atoms with van der Waals surface area (Å²) in [6, 6.07) is 3.87. The zero-order valence-electron chi connectivity index (χ0n) is 10.1. The Kier molecular flexibility index (Phi) is 6.02. The summed E-state index contributed by atoms with van der Waals surface area (Å²) in [5, 5.41) is 6.34. The molecule has 0 aliphatic carbocycles. The second-order valence-corrected chi connectivity index (χ2v) is 3.41. The lowest BCUT2D eigenvalue weighted by atomic mass is 10.1. The molecule has 0 bridgehead atoms. The number of hydrazone groups is 1. The fraction of sp³-hybridized carbons (Fsp3) is 0.417. The largest absolute Gasteiger partial charge is 0.269 e. The van der Waals surface area contributed by atoms with Crippen LogP contribution in [0.4, 0.5) is 5.69 Å². The fourth-order valence-corrected chi connectivity index (χ4v) is 1.53. The lowest BCUT2D eigenvalue weighted by Crippen LogP contribution is -2.10. The van der Waals surface area contributed by atoms with Crippen molar-refractivity contribution >= 4 is 24.0 Å². The monoisotopic (exact) mass is 226 g/mol. The van der Waals surface area contributed by atoms with Crippen LogP contribution in [0.1, 0.15) is 25.0 Å². The average Bonchev–Trinajstić information content (AvgIpc) is 2.26. The highest BCUT2D eigenvalue weighted by Crippen LogP contribution is 2.29. The van der Waals surface area contributed by atoms with Crippen LogP contribution in [0.2, 0.25) is 5.02 Å². The maximum atomic E-state index is 6.00. The van der Waals surface area contributed by atoms with E-state index in [0.29, 0.717) is 0 Å². The van der Waals surface area contributed by atoms with Crippen LogP contribution in [0.15, 0.2) is 17.2 Å². The van der Waals surface area contributed by atoms with E-state index in [1.54, 1.807) is 5.01 Å². The van der Waals surface area contributed by atoms with Gasteiger partial charge in [0.25, 0.3) is 0 Å². The smallest absolute Gasteiger partial charge is 0.0663 e. The number of aryl methyl sites for hydroxylation is 1. The van der Waals surface area contributed by atoms with Crippen LogP contribution in [0.5, 0.6) is 0 Å². The second-order valence-electron chi connectivity index (χ2n) is 3.00. The molecule has 15 heavy (non-hydrogen) atoms. The van der Waals surface area contributed by atoms with Gasteiger partial charge in [-0.25, -0.2) is 0 Å². The maximum absolute atomic E-state index is 6.00. The summed E-state index contributed by atoms with van der Waals surface area (Å²) in [7, 11) is 1.86. The molecule has 0 atom stereocenters. The summed E-state index contributed by atoms with van der Waals surface area (Å²) in [6.07, 6.45) is 0. The molecular weight excluding hydrogens is 208 g/mol. The summed E-state index contributed by atoms with van der Waals surface area (Å²) in [6.45, 7) is 11.5. The Morgan fingerprint density at radius 2 is 1.80 bits per heavy atom. The zero-order valence-corrected chi connectivity index (χ0v) is 10.9. The summed E-state index contributed by atoms with van der Waals surface area (Å²) >= 11 is 6.00. The van der Waals surface area contributed by atoms with Gasteiger partial charge in [-0.05, 0) is 31.0 Å². The van der Waals surface area contributed by atoms with E-state index < -0.39 is 0 Å². The Bertz CT molecular complexity index is 335. The molecule has 0 unspecified atom stereocenters. The molecule has 0 N–H and O–H groups in total. The van der Waals surface area contributed by atoms with Crippen molar-refractivity contribution in [3.05, 3.63) is 28.3 Å². The van der Waals surface area contributed by atoms with Crippen molar-refractivity contribution in [2.45, 2.75) is 27.7 Å². The van der Waals surface area contributed by atoms with Crippen molar-refractivity contribution in [1.29, 1.82) is 0 Å². The summed E-state index contributed by atoms with van der Waals surface area (Å²) < 4.78 is 0. The van der Waals surface area contributed by atoms with Gasteiger partial charge < -0.3 is 0 Å². The molecular formula is C12H19ClN2. The van der Waals surface area contributed by atoms with Gasteiger partial charge in [-0.2, -0.15) is 5.10 Å². The fourth-order valence-electron chi connectivity index (χ4n) is 1.38. The first-order chi connectivity index (χ1) is 7.07. The van der Waals surface area contributed by atoms with Crippen LogP contribution in [0.25, 0.3) is 0 Å². The maximum Gasteiger partial charge on any atom is 0.0663 e. The molecule has 0 aliphatic rings. The topological polar surface area (TPSA) is 15.6 Å². The van der Waals surface area contributed by atoms with Gasteiger partial charge in [0.2, 0.25) is 0 Å². The number of hydrogen-bond donors (Lipinski definition) is 0. The van der Waals surface area contributed by atoms with Gasteiger partial charge in [-0.15, -0.1) is 0 Å². The molecule has 0 radical (unpaired) electrons. The standard InChI is InChI=1S/C10H13ClN2.C2H6/c1-7-5-6-9(11)8(2)10(7)13(4)12-3;1-2/h5-6H,3H2,1-2,4H3;1-2H3. The van der Waals surface area contributed by atoms with E-state index in [4.69, 9.17) is 11.6 Å². The van der Waals surface area contributed by atoms with Crippen molar-refractivity contribution in [3.8, 4) is 0 Å². The third-order valence-electron chi connectivity index (χ3n) is 2.10. The van der Waals surface area contributed by atoms with Gasteiger partial charge in [0.1, 0.15) is 0 Å². The van der Waals surface area contributed by atoms with E-state index in [1.165, 1.54) is 0 Å². The van der Waals surface area contributed by atoms with Crippen LogP contribution in [0.3, 0.4) is 0 Å². The third kappa shape index (κ3) is 3.24. The van der Waals surface area contributed by atoms with Crippen molar-refractivity contribution in [3.63, 3.8) is 0 Å². The highest BCUT2D eigenvalue weighted by Gasteiger charge is 2.08. The SMILES string of the molecule is C=NN(C)c1c(C)ccc(Cl)c1C.CC. The quantitative estimate of drug-likeness (QED) is 0.549. The molecule has 1 rings (SSSR count). The Hall–Kier alpha value is -1.02. The molecule has 2 nitrogen and oxygen atoms in total. The molecule has 0 aliphatic heterocycles. The van der Waals surface area contributed by atoms with Gasteiger partial charge >= 0.3 is 0 Å². The number of halogens is 1. The Balaban J connectivity index is 0.000000921. The van der Waals surface area contributed by atoms with Crippen molar-refractivity contribution < 1.29 is 0 Å². The predicted octanol–water partition coefficient (Wildman–Crippen LogP) is 4.03. The molecule has 3 heteroatoms. The van der Waals surface area contributed by atoms with Gasteiger partial charge in [-0.1, -0.05) is 31.5 Å². The normalized spacial score (nSPS) is 8.93. The van der Waals surface area contributed by atoms with E-state index in [-0.39, 0.29) is 0 Å². The van der Waals surface area contributed by atoms with E-state index in [9.17, 15) is 0 Å². The molecule has 0 fully saturated rings. The summed E-state index contributed by atoms with van der Waals surface area (Å²) in [5.74, 6) is 0. The molecule has 0 saturated carbocycles. The summed E-state index contributed by atoms with van der Waals surface area (Å²) in [4.78, 5) is 0. The van der Waals surface area contributed by atoms with Crippen molar-refractivity contribution in [2.24, 2.45) is 5.10 Å². The minimum Gasteiger partial charge on any atom is -0.269 e. The van der Waals surface area contributed by atoms with Crippen LogP contribution in [-0.2, 0) is 0 Å². The lowest BCUT2D eigenvalue weighted by molar-refractivity contribution is 1.01. The van der Waals surface area contributed by atoms with Crippen LogP contribution in [-0.4, -0.2) is 13.8 Å². The Labute approximate surface area is 97.6 Å². The minimum absolute atomic E-state index is 0.760. The van der Waals surface area contributed by atoms with Crippen molar-refractivity contribution in [2.75, 3.05) is 12.1 Å². The molecule has 0 amide bonds. The molecule has 84 valence electrons. The average molecular weight is 227 g/mol. The van der Waals surface area contributed by atoms with Gasteiger partial charge in [0.15, 0.2) is 0 Å². The van der Waals surface area contributed by atoms with Crippen molar-refractivity contribution in [1.82, 2.24) is 0 Å². The van der Waals surface area contributed by atoms with Gasteiger partial charge in [0, 0.05) is 18.8 Å². The zero-order chi connectivity index (χ0) is 12.0. The van der Waals surface area contributed by atoms with Crippen LogP contribution in [0, 0.1) is 13.8 Å². The molecule has 0 saturated heterocycles. The summed E-state index contributed by atoms with van der Waals surface area (Å²) in [5.41, 5.74) is 3.22. The first-order valence-electron chi connectivity index (χ1n) is 5.04. The number of rotatable bonds is 2. The number of anilines is 1. The van der Waals surface area contributed by atoms with Gasteiger partial charge in [-0.3, -0.25) is 5.01 Å². The molecule has 0 heterocycles. The molecule has 1 aromatic carbocycles. The Morgan fingerprint density at radius 1 is 1.27 bits per heavy atom. The first-order valence-corrected chi connectivity index (χ1v) is 5.41. The number of benzene rings is 1. The predicted molar refractivity (Wildman–Crippen MR) is 70.2 cm³/mol. The van der Waals surface area contributed by atoms with Crippen LogP contribution < -0.4 is 5.01 Å². The third-order valence-corrected chi connectivity index (χ3v) is 2.51. The first kappa shape index (κ1) is 14.0. The van der Waals surface area contributed by atoms with E-state index >= 15 is 0 Å². The number of nitrogens with zero attached hydrogens (tertiary/aromatic N) is 2. The minimum atomic E-state index is 0.760. The van der Waals surface area contributed by atoms with Gasteiger partial charge in [0.05, 0.1) is 5.69 Å². The Morgan fingerprint density at radius 3 is 2.27 bits per heavy atom. The molecule has 0 spiro atoms.